The number of hydrogen-bond acceptors (Lipinski definition) is 8. The smallest absolute Gasteiger partial charge is 0.348 e. The molecule has 2 N–H and O–H groups in total. The van der Waals surface area contributed by atoms with Crippen molar-refractivity contribution in [2.24, 2.45) is 9.98 Å². The van der Waals surface area contributed by atoms with Crippen LogP contribution in [0.2, 0.25) is 0 Å². The van der Waals surface area contributed by atoms with E-state index in [4.69, 9.17) is 4.42 Å². The highest BCUT2D eigenvalue weighted by atomic mass is 16.6. The van der Waals surface area contributed by atoms with E-state index < -0.39 is 10.5 Å². The maximum atomic E-state index is 12.1. The number of rotatable bonds is 5. The van der Waals surface area contributed by atoms with E-state index in [1.165, 1.54) is 30.5 Å². The molecule has 2 atom stereocenters. The largest absolute Gasteiger partial charge is 0.507 e. The van der Waals surface area contributed by atoms with Crippen molar-refractivity contribution in [3.05, 3.63) is 61.7 Å². The van der Waals surface area contributed by atoms with Crippen molar-refractivity contribution in [3.63, 3.8) is 0 Å². The van der Waals surface area contributed by atoms with Crippen LogP contribution in [0.15, 0.2) is 43.5 Å². The molecular formula is C21H23N3O6. The molecule has 0 spiro atoms. The van der Waals surface area contributed by atoms with E-state index in [1.807, 2.05) is 0 Å². The van der Waals surface area contributed by atoms with Crippen molar-refractivity contribution in [1.82, 2.24) is 0 Å². The van der Waals surface area contributed by atoms with Gasteiger partial charge in [0.1, 0.15) is 22.8 Å². The molecular weight excluding hydrogens is 390 g/mol. The Balaban J connectivity index is 1.88. The molecule has 0 saturated heterocycles. The number of non-ortho nitro benzene ring substituents is 1. The number of nitrogens with zero attached hydrogens (tertiary/aromatic N) is 3. The van der Waals surface area contributed by atoms with Crippen molar-refractivity contribution in [2.75, 3.05) is 0 Å². The molecule has 0 amide bonds. The third-order valence-electron chi connectivity index (χ3n) is 5.10. The van der Waals surface area contributed by atoms with Gasteiger partial charge in [-0.3, -0.25) is 20.1 Å². The number of aryl methyl sites for hydroxylation is 1. The molecule has 0 unspecified atom stereocenters. The molecule has 0 radical (unpaired) electrons. The molecule has 9 heteroatoms. The van der Waals surface area contributed by atoms with Crippen LogP contribution in [0.1, 0.15) is 49.5 Å². The first-order chi connectivity index (χ1) is 14.3. The summed E-state index contributed by atoms with van der Waals surface area (Å²) in [6.45, 7) is 3.22. The van der Waals surface area contributed by atoms with E-state index in [1.54, 1.807) is 13.8 Å². The second-order valence-electron chi connectivity index (χ2n) is 7.32. The van der Waals surface area contributed by atoms with E-state index in [2.05, 4.69) is 9.98 Å². The fourth-order valence-corrected chi connectivity index (χ4v) is 3.59. The van der Waals surface area contributed by atoms with Crippen LogP contribution in [0.4, 0.5) is 5.69 Å². The van der Waals surface area contributed by atoms with Crippen molar-refractivity contribution in [1.29, 1.82) is 0 Å². The number of hydrogen-bond donors (Lipinski definition) is 2. The number of aromatic hydroxyl groups is 2. The number of nitro groups is 1. The van der Waals surface area contributed by atoms with Crippen molar-refractivity contribution < 1.29 is 19.6 Å². The average molecular weight is 413 g/mol. The monoisotopic (exact) mass is 413 g/mol. The van der Waals surface area contributed by atoms with Crippen LogP contribution in [-0.2, 0) is 0 Å². The molecule has 1 aliphatic rings. The van der Waals surface area contributed by atoms with Crippen molar-refractivity contribution in [3.8, 4) is 11.5 Å². The number of nitro benzene ring substituents is 1. The highest BCUT2D eigenvalue weighted by molar-refractivity contribution is 6.00. The van der Waals surface area contributed by atoms with Gasteiger partial charge in [0, 0.05) is 30.0 Å². The minimum absolute atomic E-state index is 0.0326. The van der Waals surface area contributed by atoms with Crippen LogP contribution in [0.3, 0.4) is 0 Å². The van der Waals surface area contributed by atoms with Gasteiger partial charge in [0.15, 0.2) is 0 Å². The van der Waals surface area contributed by atoms with Gasteiger partial charge in [0.25, 0.3) is 5.69 Å². The lowest BCUT2D eigenvalue weighted by atomic mass is 9.91. The minimum atomic E-state index is -0.647. The molecule has 1 heterocycles. The molecule has 158 valence electrons. The van der Waals surface area contributed by atoms with Crippen LogP contribution in [0, 0.1) is 17.0 Å². The molecule has 1 aromatic carbocycles. The zero-order valence-corrected chi connectivity index (χ0v) is 16.7. The predicted molar refractivity (Wildman–Crippen MR) is 112 cm³/mol. The van der Waals surface area contributed by atoms with Crippen LogP contribution >= 0.6 is 0 Å². The van der Waals surface area contributed by atoms with Gasteiger partial charge in [-0.25, -0.2) is 4.79 Å². The molecule has 9 nitrogen and oxygen atoms in total. The van der Waals surface area contributed by atoms with E-state index in [9.17, 15) is 25.1 Å². The number of phenols is 1. The number of aliphatic imine (C=N–C) groups is 2. The molecule has 30 heavy (non-hydrogen) atoms. The SMILES string of the molecule is CC(=N[C@@H]1CCCC[C@H]1N=Cc1cc([N+](=O)[O-])ccc1O)c1c(O)cc(C)oc1=O. The highest BCUT2D eigenvalue weighted by Crippen LogP contribution is 2.27. The molecule has 0 bridgehead atoms. The Labute approximate surface area is 172 Å². The lowest BCUT2D eigenvalue weighted by Crippen LogP contribution is -2.28. The standard InChI is InChI=1S/C21H23N3O6/c1-12-9-19(26)20(21(27)30-12)13(2)23-17-6-4-3-5-16(17)22-11-14-10-15(24(28)29)7-8-18(14)25/h7-11,16-17,25-26H,3-6H2,1-2H3/t16-,17-/m1/s1. The third kappa shape index (κ3) is 4.73. The lowest BCUT2D eigenvalue weighted by molar-refractivity contribution is -0.384. The summed E-state index contributed by atoms with van der Waals surface area (Å²) in [5.41, 5.74) is -0.126. The zero-order chi connectivity index (χ0) is 21.8. The topological polar surface area (TPSA) is 139 Å². The van der Waals surface area contributed by atoms with E-state index in [0.717, 1.165) is 25.7 Å². The maximum Gasteiger partial charge on any atom is 0.348 e. The Morgan fingerprint density at radius 2 is 1.90 bits per heavy atom. The highest BCUT2D eigenvalue weighted by Gasteiger charge is 2.25. The number of phenolic OH excluding ortho intramolecular Hbond substituents is 1. The average Bonchev–Trinajstić information content (AvgIpc) is 2.67. The predicted octanol–water partition coefficient (Wildman–Crippen LogP) is 3.51. The first-order valence-corrected chi connectivity index (χ1v) is 9.65. The molecule has 1 aliphatic carbocycles. The first-order valence-electron chi connectivity index (χ1n) is 9.65. The summed E-state index contributed by atoms with van der Waals surface area (Å²) < 4.78 is 5.07. The van der Waals surface area contributed by atoms with E-state index >= 15 is 0 Å². The van der Waals surface area contributed by atoms with Gasteiger partial charge >= 0.3 is 5.63 Å². The lowest BCUT2D eigenvalue weighted by Gasteiger charge is -2.26. The Morgan fingerprint density at radius 3 is 2.57 bits per heavy atom. The number of benzene rings is 1. The van der Waals surface area contributed by atoms with E-state index in [-0.39, 0.29) is 40.4 Å². The van der Waals surface area contributed by atoms with Crippen molar-refractivity contribution in [2.45, 2.75) is 51.6 Å². The maximum absolute atomic E-state index is 12.1. The second kappa shape index (κ2) is 8.89. The van der Waals surface area contributed by atoms with Gasteiger partial charge in [-0.1, -0.05) is 12.8 Å². The van der Waals surface area contributed by atoms with Gasteiger partial charge in [0.2, 0.25) is 0 Å². The van der Waals surface area contributed by atoms with Crippen LogP contribution in [0.25, 0.3) is 0 Å². The van der Waals surface area contributed by atoms with Crippen LogP contribution in [0.5, 0.6) is 11.5 Å². The molecule has 3 rings (SSSR count). The molecule has 1 saturated carbocycles. The molecule has 0 aliphatic heterocycles. The zero-order valence-electron chi connectivity index (χ0n) is 16.7. The third-order valence-corrected chi connectivity index (χ3v) is 5.10. The summed E-state index contributed by atoms with van der Waals surface area (Å²) in [6, 6.07) is 4.68. The Morgan fingerprint density at radius 1 is 1.20 bits per heavy atom. The fraction of sp³-hybridized carbons (Fsp3) is 0.381. The van der Waals surface area contributed by atoms with Crippen molar-refractivity contribution >= 4 is 17.6 Å². The molecule has 2 aromatic rings. The Bertz CT molecular complexity index is 1070. The van der Waals surface area contributed by atoms with E-state index in [0.29, 0.717) is 11.5 Å². The van der Waals surface area contributed by atoms with Crippen LogP contribution in [-0.4, -0.2) is 39.1 Å². The summed E-state index contributed by atoms with van der Waals surface area (Å²) in [6.07, 6.45) is 4.82. The summed E-state index contributed by atoms with van der Waals surface area (Å²) in [4.78, 5) is 31.7. The fourth-order valence-electron chi connectivity index (χ4n) is 3.59. The van der Waals surface area contributed by atoms with Gasteiger partial charge in [-0.05, 0) is 32.8 Å². The summed E-state index contributed by atoms with van der Waals surface area (Å²) in [5, 5.41) is 31.1. The second-order valence-corrected chi connectivity index (χ2v) is 7.32. The minimum Gasteiger partial charge on any atom is -0.507 e. The van der Waals surface area contributed by atoms with Crippen LogP contribution < -0.4 is 5.63 Å². The van der Waals surface area contributed by atoms with Gasteiger partial charge in [-0.2, -0.15) is 0 Å². The Kier molecular flexibility index (Phi) is 6.29. The first kappa shape index (κ1) is 21.2. The summed E-state index contributed by atoms with van der Waals surface area (Å²) >= 11 is 0. The summed E-state index contributed by atoms with van der Waals surface area (Å²) in [7, 11) is 0. The quantitative estimate of drug-likeness (QED) is 0.437. The molecule has 1 fully saturated rings. The van der Waals surface area contributed by atoms with Gasteiger partial charge in [0.05, 0.1) is 22.7 Å². The Hall–Kier alpha value is -3.49. The van der Waals surface area contributed by atoms with Gasteiger partial charge < -0.3 is 14.6 Å². The normalized spacial score (nSPS) is 19.9. The summed E-state index contributed by atoms with van der Waals surface area (Å²) in [5.74, 6) is 0.0342. The van der Waals surface area contributed by atoms with Gasteiger partial charge in [-0.15, -0.1) is 0 Å². The molecule has 1 aromatic heterocycles.